The molecule has 0 aromatic rings. The number of unbranched alkanes of at least 4 members (excludes halogenated alkanes) is 25. The molecule has 1 amide bonds. The predicted molar refractivity (Wildman–Crippen MR) is 309 cm³/mol. The molecule has 12 atom stereocenters. The summed E-state index contributed by atoms with van der Waals surface area (Å²) in [6.07, 6.45) is 47.0. The number of rotatable bonds is 48. The SMILES string of the molecule is CC/C=C/CC/C=C/CC/C=C/C(O)C(COC1OC(CO)C(OC2OC(CO)C(O)C(O)C2O)C(O)C1O)NC(=O)CCCCCCCCCCCCCCCCCCCC/C=C\C/C=C\C/C=C\CCCCCCC. The van der Waals surface area contributed by atoms with E-state index in [0.29, 0.717) is 12.8 Å². The van der Waals surface area contributed by atoms with Gasteiger partial charge in [-0.2, -0.15) is 0 Å². The molecule has 14 nitrogen and oxygen atoms in total. The van der Waals surface area contributed by atoms with Crippen LogP contribution in [-0.2, 0) is 23.7 Å². The Morgan fingerprint density at radius 1 is 0.481 bits per heavy atom. The Balaban J connectivity index is 1.61. The van der Waals surface area contributed by atoms with Gasteiger partial charge in [0.25, 0.3) is 0 Å². The summed E-state index contributed by atoms with van der Waals surface area (Å²) in [7, 11) is 0. The molecule has 0 aromatic heterocycles. The molecular formula is C63H111NO13. The van der Waals surface area contributed by atoms with Crippen LogP contribution in [0.1, 0.15) is 226 Å². The van der Waals surface area contributed by atoms with Crippen LogP contribution in [0.3, 0.4) is 0 Å². The molecule has 446 valence electrons. The van der Waals surface area contributed by atoms with Gasteiger partial charge >= 0.3 is 0 Å². The molecule has 2 aliphatic heterocycles. The fraction of sp³-hybridized carbons (Fsp3) is 0.794. The van der Waals surface area contributed by atoms with Crippen molar-refractivity contribution in [3.63, 3.8) is 0 Å². The second-order valence-corrected chi connectivity index (χ2v) is 21.4. The van der Waals surface area contributed by atoms with Gasteiger partial charge in [0.15, 0.2) is 12.6 Å². The minimum atomic E-state index is -1.79. The van der Waals surface area contributed by atoms with Gasteiger partial charge in [0.1, 0.15) is 48.8 Å². The normalized spacial score (nSPS) is 25.2. The molecule has 0 saturated carbocycles. The van der Waals surface area contributed by atoms with Gasteiger partial charge in [-0.3, -0.25) is 4.79 Å². The van der Waals surface area contributed by atoms with Crippen molar-refractivity contribution < 1.29 is 64.6 Å². The Labute approximate surface area is 466 Å². The number of nitrogens with one attached hydrogen (secondary N) is 1. The van der Waals surface area contributed by atoms with Crippen LogP contribution < -0.4 is 5.32 Å². The highest BCUT2D eigenvalue weighted by atomic mass is 16.7. The summed E-state index contributed by atoms with van der Waals surface area (Å²) in [6.45, 7) is 2.62. The topological polar surface area (TPSA) is 228 Å². The van der Waals surface area contributed by atoms with Gasteiger partial charge in [-0.15, -0.1) is 0 Å². The van der Waals surface area contributed by atoms with Crippen molar-refractivity contribution in [2.75, 3.05) is 19.8 Å². The average molecular weight is 1090 g/mol. The van der Waals surface area contributed by atoms with Crippen molar-refractivity contribution in [3.05, 3.63) is 72.9 Å². The molecule has 2 heterocycles. The van der Waals surface area contributed by atoms with Crippen LogP contribution in [0.4, 0.5) is 0 Å². The van der Waals surface area contributed by atoms with Crippen LogP contribution in [-0.4, -0.2) is 140 Å². The van der Waals surface area contributed by atoms with Crippen molar-refractivity contribution >= 4 is 5.91 Å². The summed E-state index contributed by atoms with van der Waals surface area (Å²) >= 11 is 0. The minimum Gasteiger partial charge on any atom is -0.394 e. The van der Waals surface area contributed by atoms with Crippen LogP contribution in [0.2, 0.25) is 0 Å². The summed E-state index contributed by atoms with van der Waals surface area (Å²) in [6, 6.07) is -0.938. The van der Waals surface area contributed by atoms with E-state index in [2.05, 4.69) is 79.9 Å². The maximum absolute atomic E-state index is 13.2. The summed E-state index contributed by atoms with van der Waals surface area (Å²) in [5.74, 6) is -0.256. The first-order valence-corrected chi connectivity index (χ1v) is 30.7. The van der Waals surface area contributed by atoms with Crippen molar-refractivity contribution in [2.45, 2.75) is 299 Å². The van der Waals surface area contributed by atoms with E-state index in [1.807, 2.05) is 6.08 Å². The van der Waals surface area contributed by atoms with Crippen molar-refractivity contribution in [1.29, 1.82) is 0 Å². The van der Waals surface area contributed by atoms with Gasteiger partial charge < -0.3 is 65.1 Å². The molecule has 9 N–H and O–H groups in total. The first-order chi connectivity index (χ1) is 37.6. The first kappa shape index (κ1) is 70.5. The smallest absolute Gasteiger partial charge is 0.220 e. The third-order valence-corrected chi connectivity index (χ3v) is 14.6. The Kier molecular flexibility index (Phi) is 44.1. The Morgan fingerprint density at radius 3 is 1.42 bits per heavy atom. The number of carbonyl (C=O) groups excluding carboxylic acids is 1. The number of ether oxygens (including phenoxy) is 4. The van der Waals surface area contributed by atoms with E-state index in [4.69, 9.17) is 18.9 Å². The molecule has 2 saturated heterocycles. The number of carbonyl (C=O) groups is 1. The van der Waals surface area contributed by atoms with Crippen LogP contribution in [0.5, 0.6) is 0 Å². The van der Waals surface area contributed by atoms with E-state index in [0.717, 1.165) is 57.8 Å². The van der Waals surface area contributed by atoms with Crippen LogP contribution in [0.25, 0.3) is 0 Å². The largest absolute Gasteiger partial charge is 0.394 e. The predicted octanol–water partition coefficient (Wildman–Crippen LogP) is 10.7. The Bertz CT molecular complexity index is 1570. The number of amides is 1. The quantitative estimate of drug-likeness (QED) is 0.0204. The monoisotopic (exact) mass is 1090 g/mol. The van der Waals surface area contributed by atoms with Crippen molar-refractivity contribution in [1.82, 2.24) is 5.32 Å². The first-order valence-electron chi connectivity index (χ1n) is 30.7. The number of aliphatic hydroxyl groups excluding tert-OH is 8. The zero-order valence-electron chi connectivity index (χ0n) is 47.9. The highest BCUT2D eigenvalue weighted by Gasteiger charge is 2.51. The molecule has 14 heteroatoms. The summed E-state index contributed by atoms with van der Waals surface area (Å²) in [5.41, 5.74) is 0. The average Bonchev–Trinajstić information content (AvgIpc) is 3.44. The molecular weight excluding hydrogens is 979 g/mol. The van der Waals surface area contributed by atoms with Gasteiger partial charge in [0.05, 0.1) is 32.0 Å². The molecule has 0 aliphatic carbocycles. The molecule has 0 aromatic carbocycles. The molecule has 0 radical (unpaired) electrons. The van der Waals surface area contributed by atoms with Gasteiger partial charge in [0, 0.05) is 6.42 Å². The lowest BCUT2D eigenvalue weighted by Crippen LogP contribution is -2.65. The maximum Gasteiger partial charge on any atom is 0.220 e. The third kappa shape index (κ3) is 33.7. The Morgan fingerprint density at radius 2 is 0.909 bits per heavy atom. The van der Waals surface area contributed by atoms with E-state index in [1.54, 1.807) is 6.08 Å². The number of aliphatic hydroxyl groups is 8. The van der Waals surface area contributed by atoms with Crippen molar-refractivity contribution in [2.24, 2.45) is 0 Å². The lowest BCUT2D eigenvalue weighted by Gasteiger charge is -2.46. The van der Waals surface area contributed by atoms with Crippen LogP contribution in [0, 0.1) is 0 Å². The van der Waals surface area contributed by atoms with E-state index >= 15 is 0 Å². The summed E-state index contributed by atoms with van der Waals surface area (Å²) < 4.78 is 22.7. The van der Waals surface area contributed by atoms with Gasteiger partial charge in [0.2, 0.25) is 5.91 Å². The molecule has 2 rings (SSSR count). The molecule has 77 heavy (non-hydrogen) atoms. The van der Waals surface area contributed by atoms with Gasteiger partial charge in [-0.1, -0.05) is 215 Å². The molecule has 2 fully saturated rings. The zero-order chi connectivity index (χ0) is 56.0. The van der Waals surface area contributed by atoms with Crippen LogP contribution >= 0.6 is 0 Å². The summed E-state index contributed by atoms with van der Waals surface area (Å²) in [5, 5.41) is 86.8. The number of hydrogen-bond acceptors (Lipinski definition) is 13. The van der Waals surface area contributed by atoms with Gasteiger partial charge in [-0.25, -0.2) is 0 Å². The van der Waals surface area contributed by atoms with Crippen LogP contribution in [0.15, 0.2) is 72.9 Å². The molecule has 0 bridgehead atoms. The molecule has 0 spiro atoms. The fourth-order valence-electron chi connectivity index (χ4n) is 9.69. The number of allylic oxidation sites excluding steroid dienone is 11. The highest BCUT2D eigenvalue weighted by Crippen LogP contribution is 2.30. The molecule has 12 unspecified atom stereocenters. The van der Waals surface area contributed by atoms with E-state index in [-0.39, 0.29) is 18.9 Å². The Hall–Kier alpha value is -2.57. The van der Waals surface area contributed by atoms with E-state index in [1.165, 1.54) is 135 Å². The van der Waals surface area contributed by atoms with Crippen molar-refractivity contribution in [3.8, 4) is 0 Å². The fourth-order valence-corrected chi connectivity index (χ4v) is 9.69. The van der Waals surface area contributed by atoms with E-state index < -0.39 is 86.8 Å². The van der Waals surface area contributed by atoms with E-state index in [9.17, 15) is 45.6 Å². The zero-order valence-corrected chi connectivity index (χ0v) is 47.9. The lowest BCUT2D eigenvalue weighted by molar-refractivity contribution is -0.359. The second kappa shape index (κ2) is 48.2. The summed E-state index contributed by atoms with van der Waals surface area (Å²) in [4.78, 5) is 13.2. The lowest BCUT2D eigenvalue weighted by atomic mass is 9.97. The molecule has 2 aliphatic rings. The standard InChI is InChI=1S/C63H111NO13/c1-3-5-7-9-11-13-15-16-17-18-19-20-21-22-23-24-25-26-27-28-29-30-31-32-33-34-35-36-37-39-41-43-45-47-55(68)64-51(52(67)46-44-42-40-38-14-12-10-8-6-4-2)50-74-62-60(73)58(71)61(54(49-66)76-62)77-63-59(72)57(70)56(69)53(48-65)75-63/h6,8,14-16,18-19,21-22,38,44,46,51-54,56-63,65-67,69-73H,3-5,7,9-13,17,20,23-37,39-43,45,47-50H2,1-2H3,(H,64,68)/b8-6+,16-15-,19-18-,22-21-,38-14+,46-44+. The van der Waals surface area contributed by atoms with Gasteiger partial charge in [-0.05, 0) is 77.0 Å². The minimum absolute atomic E-state index is 0.256. The second-order valence-electron chi connectivity index (χ2n) is 21.4. The maximum atomic E-state index is 13.2. The highest BCUT2D eigenvalue weighted by molar-refractivity contribution is 5.76. The number of hydrogen-bond donors (Lipinski definition) is 9. The third-order valence-electron chi connectivity index (χ3n) is 14.6.